The lowest BCUT2D eigenvalue weighted by molar-refractivity contribution is -0.334. The summed E-state index contributed by atoms with van der Waals surface area (Å²) in [5, 5.41) is 187. The maximum atomic E-state index is 16.5. The zero-order chi connectivity index (χ0) is 94.4. The number of benzene rings is 5. The molecule has 130 heavy (non-hydrogen) atoms. The van der Waals surface area contributed by atoms with Gasteiger partial charge in [-0.15, -0.1) is 0 Å². The molecule has 3 fully saturated rings. The molecule has 0 aromatic heterocycles. The van der Waals surface area contributed by atoms with Gasteiger partial charge in [0.2, 0.25) is 53.4 Å². The first-order chi connectivity index (χ1) is 61.9. The highest BCUT2D eigenvalue weighted by molar-refractivity contribution is 6.32. The van der Waals surface area contributed by atoms with Crippen LogP contribution in [-0.4, -0.2) is 281 Å². The molecular formula is C87H117Cl2N11O30. The normalized spacial score (nSPS) is 29.1. The van der Waals surface area contributed by atoms with Gasteiger partial charge in [0.25, 0.3) is 0 Å². The minimum Gasteiger partial charge on any atom is -0.507 e. The van der Waals surface area contributed by atoms with Crippen LogP contribution in [0.3, 0.4) is 0 Å². The Morgan fingerprint density at radius 3 is 1.84 bits per heavy atom. The third-order valence-electron chi connectivity index (χ3n) is 23.8. The van der Waals surface area contributed by atoms with E-state index in [9.17, 15) is 85.9 Å². The van der Waals surface area contributed by atoms with Crippen LogP contribution in [0.4, 0.5) is 0 Å². The molecule has 8 aliphatic heterocycles. The van der Waals surface area contributed by atoms with E-state index in [1.54, 1.807) is 13.8 Å². The number of ether oxygens (including phenoxy) is 8. The standard InChI is InChI=1S/C87H117Cl2N11O30/c1-7-8-9-10-11-12-13-14-21-92-22-23-94-87(5)34-60(124-39(4)77(87)114)129-76-73(112)71(110)58(37-102)128-86(76)130-75-55-30-43-31-56(75)126-54-20-17-42(29-48(54)89)68(107)66-83(120)98-64(84(121)122)45-32-52(104)46(35-93-24-25-123-85-74(113)72(111)70(109)57(36-101)127-85)69(108)61(45)44-27-40(15-18-51(44)103)62(80(117)100-66)97-81(118)63(43)96-79(116)50(33-59(90)105)95-82(119)65(99-78(115)49(91-6)26-38(2)3)67(106)41-16-19-53(125-55)47(88)28-41/h15-20,27-32,38-39,49-50,57-58,60,62-68,70-74,76-77,85-86,91-94,101-104,106-114H,7-14,21-26,33-37H2,1-6H3,(H2,90,105)(H,95,119)(H,96,116)(H,97,118)(H,98,120)(H,99,115)(H,100,117)(H,121,122)/t39-,49+,50-,57?,58+,60-,62-,63+,64-,65+,66-,67+,68+,70+,71?,72-,73?,74+,76+,77+,85?,86-,87?/m0/s1. The van der Waals surface area contributed by atoms with Crippen LogP contribution in [-0.2, 0) is 68.6 Å². The molecule has 8 heterocycles. The first-order valence-electron chi connectivity index (χ1n) is 43.2. The number of amides is 7. The van der Waals surface area contributed by atoms with Crippen LogP contribution < -0.4 is 73.1 Å². The topological polar surface area (TPSA) is 640 Å². The summed E-state index contributed by atoms with van der Waals surface area (Å²) in [5.41, 5.74) is 0.862. The van der Waals surface area contributed by atoms with Gasteiger partial charge in [-0.05, 0) is 123 Å². The molecule has 26 N–H and O–H groups in total. The summed E-state index contributed by atoms with van der Waals surface area (Å²) >= 11 is 14.4. The van der Waals surface area contributed by atoms with E-state index >= 15 is 24.0 Å². The molecule has 0 radical (unpaired) electrons. The van der Waals surface area contributed by atoms with Crippen molar-refractivity contribution >= 4 is 70.5 Å². The number of aliphatic hydroxyl groups is 10. The fourth-order valence-electron chi connectivity index (χ4n) is 16.5. The second-order valence-electron chi connectivity index (χ2n) is 33.8. The summed E-state index contributed by atoms with van der Waals surface area (Å²) in [6.45, 7) is 7.81. The number of fused-ring (bicyclic) bond motifs is 15. The number of aliphatic carboxylic acids is 1. The van der Waals surface area contributed by atoms with Gasteiger partial charge < -0.3 is 168 Å². The van der Waals surface area contributed by atoms with E-state index in [2.05, 4.69) is 60.1 Å². The van der Waals surface area contributed by atoms with E-state index in [4.69, 9.17) is 66.8 Å². The number of rotatable bonds is 33. The van der Waals surface area contributed by atoms with Crippen molar-refractivity contribution in [3.05, 3.63) is 116 Å². The number of unbranched alkanes of at least 4 members (excludes halogenated alkanes) is 7. The Labute approximate surface area is 757 Å². The van der Waals surface area contributed by atoms with Gasteiger partial charge in [-0.3, -0.25) is 33.6 Å². The number of carboxylic acid groups (broad SMARTS) is 1. The first kappa shape index (κ1) is 101. The van der Waals surface area contributed by atoms with Crippen LogP contribution >= 0.6 is 23.2 Å². The van der Waals surface area contributed by atoms with Crippen molar-refractivity contribution in [2.24, 2.45) is 11.7 Å². The zero-order valence-corrected chi connectivity index (χ0v) is 73.8. The molecule has 714 valence electrons. The number of nitrogens with two attached hydrogens (primary N) is 1. The number of hydrogen-bond donors (Lipinski definition) is 25. The van der Waals surface area contributed by atoms with Crippen LogP contribution in [0.2, 0.25) is 10.0 Å². The van der Waals surface area contributed by atoms with Crippen molar-refractivity contribution in [1.29, 1.82) is 0 Å². The Morgan fingerprint density at radius 1 is 0.623 bits per heavy atom. The fourth-order valence-corrected chi connectivity index (χ4v) is 17.0. The smallest absolute Gasteiger partial charge is 0.330 e. The highest BCUT2D eigenvalue weighted by Gasteiger charge is 2.53. The molecular weight excluding hydrogens is 1750 g/mol. The minimum atomic E-state index is -2.42. The third-order valence-corrected chi connectivity index (χ3v) is 24.4. The lowest BCUT2D eigenvalue weighted by Crippen LogP contribution is -2.65. The van der Waals surface area contributed by atoms with Gasteiger partial charge in [0.05, 0.1) is 60.1 Å². The van der Waals surface area contributed by atoms with Gasteiger partial charge in [-0.1, -0.05) is 107 Å². The number of carboxylic acids is 1. The summed E-state index contributed by atoms with van der Waals surface area (Å²) in [4.78, 5) is 120. The summed E-state index contributed by atoms with van der Waals surface area (Å²) in [6, 6.07) is -2.18. The Morgan fingerprint density at radius 2 is 1.22 bits per heavy atom. The molecule has 5 aromatic carbocycles. The van der Waals surface area contributed by atoms with E-state index in [1.165, 1.54) is 38.4 Å². The quantitative estimate of drug-likeness (QED) is 0.0252. The maximum absolute atomic E-state index is 16.5. The fraction of sp³-hybridized carbons (Fsp3) is 0.563. The maximum Gasteiger partial charge on any atom is 0.330 e. The molecule has 0 aliphatic carbocycles. The van der Waals surface area contributed by atoms with Crippen LogP contribution in [0.5, 0.6) is 46.0 Å². The molecule has 13 rings (SSSR count). The molecule has 41 nitrogen and oxygen atoms in total. The molecule has 0 saturated carbocycles. The van der Waals surface area contributed by atoms with Crippen LogP contribution in [0, 0.1) is 5.92 Å². The first-order valence-corrected chi connectivity index (χ1v) is 43.9. The van der Waals surface area contributed by atoms with Crippen molar-refractivity contribution in [3.8, 4) is 57.1 Å². The van der Waals surface area contributed by atoms with E-state index in [0.717, 1.165) is 99.3 Å². The van der Waals surface area contributed by atoms with Crippen molar-refractivity contribution in [2.75, 3.05) is 53.0 Å². The van der Waals surface area contributed by atoms with E-state index < -0.39 is 292 Å². The number of phenolic OH excluding ortho intramolecular Hbond substituents is 3. The summed E-state index contributed by atoms with van der Waals surface area (Å²) in [7, 11) is 1.47. The highest BCUT2D eigenvalue weighted by atomic mass is 35.5. The number of hydrogen-bond acceptors (Lipinski definition) is 33. The second-order valence-corrected chi connectivity index (χ2v) is 34.6. The van der Waals surface area contributed by atoms with E-state index in [0.29, 0.717) is 13.1 Å². The Hall–Kier alpha value is -9.52. The van der Waals surface area contributed by atoms with Crippen LogP contribution in [0.25, 0.3) is 11.1 Å². The average Bonchev–Trinajstić information content (AvgIpc) is 0.757. The molecule has 5 aromatic rings. The minimum absolute atomic E-state index is 0.128. The Balaban J connectivity index is 1.07. The van der Waals surface area contributed by atoms with Gasteiger partial charge >= 0.3 is 5.97 Å². The number of likely N-dealkylation sites (N-methyl/N-ethyl adjacent to an activating group) is 1. The van der Waals surface area contributed by atoms with E-state index in [1.807, 2.05) is 13.8 Å². The SMILES string of the molecule is CCCCCCCCCCNCCNC1(C)C[C@H](O[C@@H]2C(O)C(O)[C@@H](CO)O[C@H]2Oc2c3cc4cc2Oc2ccc(cc2Cl)[C@@H](O)[C@@H](NC(=O)[C@@H](CC(C)C)NC)C(=O)N[C@@H](CC(N)=O)C(=O)N[C@H]4C(=O)N[C@@H]2C(=O)N[C@H](C(=O)N[C@H](C(=O)O)c4cc(O)c(CNCCOC5OC(CO)[C@@H](O)[C@H](O)[C@H]5O)c(O)c4-c4cc2ccc4O)[C@H](O)c2ccc(c(Cl)c2)O3)O[C@@H](C)[C@H]1O. The number of aromatic hydroxyl groups is 3. The summed E-state index contributed by atoms with van der Waals surface area (Å²) < 4.78 is 50.6. The largest absolute Gasteiger partial charge is 0.507 e. The lowest BCUT2D eigenvalue weighted by Gasteiger charge is -2.48. The third kappa shape index (κ3) is 23.9. The van der Waals surface area contributed by atoms with Gasteiger partial charge in [-0.2, -0.15) is 0 Å². The number of halogens is 2. The van der Waals surface area contributed by atoms with Crippen molar-refractivity contribution in [3.63, 3.8) is 0 Å². The van der Waals surface area contributed by atoms with Crippen molar-refractivity contribution in [1.82, 2.24) is 53.2 Å². The summed E-state index contributed by atoms with van der Waals surface area (Å²) in [6.07, 6.45) is -17.9. The molecule has 11 bridgehead atoms. The highest BCUT2D eigenvalue weighted by Crippen LogP contribution is 2.51. The van der Waals surface area contributed by atoms with Crippen LogP contribution in [0.1, 0.15) is 169 Å². The molecule has 8 aliphatic rings. The predicted octanol–water partition coefficient (Wildman–Crippen LogP) is 0.373. The van der Waals surface area contributed by atoms with E-state index in [-0.39, 0.29) is 53.8 Å². The number of phenols is 3. The van der Waals surface area contributed by atoms with Crippen LogP contribution in [0.15, 0.2) is 72.8 Å². The van der Waals surface area contributed by atoms with Gasteiger partial charge in [0, 0.05) is 54.8 Å². The summed E-state index contributed by atoms with van der Waals surface area (Å²) in [5.74, 6) is -16.8. The number of carbonyl (C=O) groups excluding carboxylic acids is 7. The Bertz CT molecular complexity index is 4830. The number of aliphatic hydroxyl groups excluding tert-OH is 10. The van der Waals surface area contributed by atoms with Crippen molar-refractivity contribution < 1.29 is 148 Å². The molecule has 7 amide bonds. The predicted molar refractivity (Wildman–Crippen MR) is 460 cm³/mol. The Kier molecular flexibility index (Phi) is 35.2. The lowest BCUT2D eigenvalue weighted by atomic mass is 9.85. The number of nitrogens with one attached hydrogen (secondary N) is 10. The second kappa shape index (κ2) is 45.3. The number of primary amides is 1. The average molecular weight is 1870 g/mol. The van der Waals surface area contributed by atoms with Crippen molar-refractivity contribution in [2.45, 2.75) is 252 Å². The van der Waals surface area contributed by atoms with Gasteiger partial charge in [0.15, 0.2) is 36.2 Å². The zero-order valence-electron chi connectivity index (χ0n) is 72.3. The van der Waals surface area contributed by atoms with Gasteiger partial charge in [0.1, 0.15) is 114 Å². The number of carbonyl (C=O) groups is 8. The molecule has 23 atom stereocenters. The molecule has 5 unspecified atom stereocenters. The molecule has 43 heteroatoms. The molecule has 0 spiro atoms. The van der Waals surface area contributed by atoms with Gasteiger partial charge in [-0.25, -0.2) is 4.79 Å². The molecule has 3 saturated heterocycles. The monoisotopic (exact) mass is 1870 g/mol.